The molecular weight excluding hydrogens is 278 g/mol. The predicted molar refractivity (Wildman–Crippen MR) is 96.1 cm³/mol. The van der Waals surface area contributed by atoms with Crippen molar-refractivity contribution in [1.82, 2.24) is 0 Å². The Morgan fingerprint density at radius 2 is 1.78 bits per heavy atom. The van der Waals surface area contributed by atoms with E-state index in [0.29, 0.717) is 5.92 Å². The SMILES string of the molecule is C=CCc1ccc(-c2ccccc2)c(C2CCC(C#N)CC2)c1. The van der Waals surface area contributed by atoms with Gasteiger partial charge in [-0.25, -0.2) is 0 Å². The van der Waals surface area contributed by atoms with Crippen LogP contribution in [0.5, 0.6) is 0 Å². The lowest BCUT2D eigenvalue weighted by molar-refractivity contribution is 0.382. The van der Waals surface area contributed by atoms with Crippen molar-refractivity contribution in [2.75, 3.05) is 0 Å². The minimum absolute atomic E-state index is 0.253. The summed E-state index contributed by atoms with van der Waals surface area (Å²) in [6.45, 7) is 3.86. The summed E-state index contributed by atoms with van der Waals surface area (Å²) in [5.74, 6) is 0.822. The van der Waals surface area contributed by atoms with Gasteiger partial charge < -0.3 is 0 Å². The van der Waals surface area contributed by atoms with E-state index in [-0.39, 0.29) is 5.92 Å². The zero-order valence-electron chi connectivity index (χ0n) is 13.5. The molecule has 0 unspecified atom stereocenters. The Hall–Kier alpha value is -2.33. The molecule has 1 fully saturated rings. The second-order valence-corrected chi connectivity index (χ2v) is 6.46. The van der Waals surface area contributed by atoms with Crippen LogP contribution >= 0.6 is 0 Å². The summed E-state index contributed by atoms with van der Waals surface area (Å²) < 4.78 is 0. The minimum Gasteiger partial charge on any atom is -0.198 e. The van der Waals surface area contributed by atoms with Crippen LogP contribution in [-0.4, -0.2) is 0 Å². The van der Waals surface area contributed by atoms with E-state index < -0.39 is 0 Å². The van der Waals surface area contributed by atoms with Crippen LogP contribution in [0, 0.1) is 17.2 Å². The molecule has 116 valence electrons. The molecule has 1 nitrogen and oxygen atoms in total. The molecule has 1 heteroatoms. The molecule has 2 aromatic rings. The van der Waals surface area contributed by atoms with E-state index in [9.17, 15) is 0 Å². The molecule has 1 aliphatic rings. The molecule has 2 aromatic carbocycles. The molecule has 0 atom stereocenters. The number of nitriles is 1. The Morgan fingerprint density at radius 1 is 1.04 bits per heavy atom. The van der Waals surface area contributed by atoms with Crippen LogP contribution in [0.3, 0.4) is 0 Å². The van der Waals surface area contributed by atoms with Gasteiger partial charge in [-0.2, -0.15) is 5.26 Å². The van der Waals surface area contributed by atoms with E-state index in [1.807, 2.05) is 6.08 Å². The lowest BCUT2D eigenvalue weighted by atomic mass is 9.76. The van der Waals surface area contributed by atoms with Gasteiger partial charge in [-0.15, -0.1) is 6.58 Å². The summed E-state index contributed by atoms with van der Waals surface area (Å²) in [4.78, 5) is 0. The molecular formula is C22H23N. The van der Waals surface area contributed by atoms with Gasteiger partial charge in [0, 0.05) is 5.92 Å². The molecule has 0 aliphatic heterocycles. The Bertz CT molecular complexity index is 700. The first-order chi connectivity index (χ1) is 11.3. The van der Waals surface area contributed by atoms with E-state index in [1.165, 1.54) is 22.3 Å². The fourth-order valence-electron chi connectivity index (χ4n) is 3.66. The molecule has 1 aliphatic carbocycles. The van der Waals surface area contributed by atoms with Gasteiger partial charge in [0.25, 0.3) is 0 Å². The van der Waals surface area contributed by atoms with Gasteiger partial charge in [-0.3, -0.25) is 0 Å². The van der Waals surface area contributed by atoms with Gasteiger partial charge in [0.2, 0.25) is 0 Å². The van der Waals surface area contributed by atoms with Crippen LogP contribution in [0.25, 0.3) is 11.1 Å². The van der Waals surface area contributed by atoms with Gasteiger partial charge in [0.1, 0.15) is 0 Å². The molecule has 1 saturated carbocycles. The Labute approximate surface area is 139 Å². The molecule has 0 saturated heterocycles. The first kappa shape index (κ1) is 15.6. The summed E-state index contributed by atoms with van der Waals surface area (Å²) in [5, 5.41) is 9.13. The third-order valence-corrected chi connectivity index (χ3v) is 4.93. The van der Waals surface area contributed by atoms with Gasteiger partial charge in [-0.1, -0.05) is 54.6 Å². The lowest BCUT2D eigenvalue weighted by Gasteiger charge is -2.27. The highest BCUT2D eigenvalue weighted by Crippen LogP contribution is 2.40. The van der Waals surface area contributed by atoms with Crippen LogP contribution in [0.2, 0.25) is 0 Å². The fraction of sp³-hybridized carbons (Fsp3) is 0.318. The average molecular weight is 301 g/mol. The quantitative estimate of drug-likeness (QED) is 0.647. The minimum atomic E-state index is 0.253. The molecule has 3 rings (SSSR count). The standard InChI is InChI=1S/C22H23N/c1-2-6-17-11-14-21(19-7-4-3-5-8-19)22(15-17)20-12-9-18(16-23)10-13-20/h2-5,7-8,11,14-15,18,20H,1,6,9-10,12-13H2. The van der Waals surface area contributed by atoms with Crippen LogP contribution in [0.1, 0.15) is 42.7 Å². The first-order valence-electron chi connectivity index (χ1n) is 8.50. The maximum Gasteiger partial charge on any atom is 0.0655 e. The molecule has 0 amide bonds. The zero-order valence-corrected chi connectivity index (χ0v) is 13.5. The predicted octanol–water partition coefficient (Wildman–Crippen LogP) is 5.88. The second-order valence-electron chi connectivity index (χ2n) is 6.46. The largest absolute Gasteiger partial charge is 0.198 e. The third-order valence-electron chi connectivity index (χ3n) is 4.93. The first-order valence-corrected chi connectivity index (χ1v) is 8.50. The normalized spacial score (nSPS) is 20.7. The van der Waals surface area contributed by atoms with E-state index in [4.69, 9.17) is 5.26 Å². The van der Waals surface area contributed by atoms with Crippen molar-refractivity contribution < 1.29 is 0 Å². The Kier molecular flexibility index (Phi) is 4.93. The number of hydrogen-bond donors (Lipinski definition) is 0. The van der Waals surface area contributed by atoms with E-state index >= 15 is 0 Å². The number of hydrogen-bond acceptors (Lipinski definition) is 1. The number of nitrogens with zero attached hydrogens (tertiary/aromatic N) is 1. The maximum absolute atomic E-state index is 9.13. The third kappa shape index (κ3) is 3.54. The summed E-state index contributed by atoms with van der Waals surface area (Å²) in [7, 11) is 0. The van der Waals surface area contributed by atoms with Gasteiger partial charge in [-0.05, 0) is 60.3 Å². The summed E-state index contributed by atoms with van der Waals surface area (Å²) in [5.41, 5.74) is 5.41. The Morgan fingerprint density at radius 3 is 2.43 bits per heavy atom. The van der Waals surface area contributed by atoms with Crippen molar-refractivity contribution in [2.45, 2.75) is 38.0 Å². The van der Waals surface area contributed by atoms with Crippen molar-refractivity contribution in [1.29, 1.82) is 5.26 Å². The average Bonchev–Trinajstić information content (AvgIpc) is 2.63. The summed E-state index contributed by atoms with van der Waals surface area (Å²) in [6.07, 6.45) is 7.18. The van der Waals surface area contributed by atoms with Crippen LogP contribution < -0.4 is 0 Å². The molecule has 0 spiro atoms. The summed E-state index contributed by atoms with van der Waals surface area (Å²) in [6, 6.07) is 19.9. The number of allylic oxidation sites excluding steroid dienone is 1. The van der Waals surface area contributed by atoms with Crippen molar-refractivity contribution in [3.05, 3.63) is 72.3 Å². The molecule has 0 heterocycles. The highest BCUT2D eigenvalue weighted by molar-refractivity contribution is 5.68. The van der Waals surface area contributed by atoms with Crippen molar-refractivity contribution >= 4 is 0 Å². The van der Waals surface area contributed by atoms with Crippen molar-refractivity contribution in [3.63, 3.8) is 0 Å². The topological polar surface area (TPSA) is 23.8 Å². The van der Waals surface area contributed by atoms with E-state index in [0.717, 1.165) is 32.1 Å². The van der Waals surface area contributed by atoms with E-state index in [2.05, 4.69) is 61.2 Å². The van der Waals surface area contributed by atoms with Crippen molar-refractivity contribution in [2.24, 2.45) is 5.92 Å². The fourth-order valence-corrected chi connectivity index (χ4v) is 3.66. The monoisotopic (exact) mass is 301 g/mol. The second kappa shape index (κ2) is 7.29. The van der Waals surface area contributed by atoms with Gasteiger partial charge >= 0.3 is 0 Å². The van der Waals surface area contributed by atoms with E-state index in [1.54, 1.807) is 0 Å². The highest BCUT2D eigenvalue weighted by Gasteiger charge is 2.24. The van der Waals surface area contributed by atoms with Crippen LogP contribution in [-0.2, 0) is 6.42 Å². The van der Waals surface area contributed by atoms with Gasteiger partial charge in [0.15, 0.2) is 0 Å². The maximum atomic E-state index is 9.13. The van der Waals surface area contributed by atoms with Crippen LogP contribution in [0.15, 0.2) is 61.2 Å². The molecule has 0 bridgehead atoms. The van der Waals surface area contributed by atoms with Gasteiger partial charge in [0.05, 0.1) is 6.07 Å². The zero-order chi connectivity index (χ0) is 16.1. The van der Waals surface area contributed by atoms with Crippen molar-refractivity contribution in [3.8, 4) is 17.2 Å². The van der Waals surface area contributed by atoms with Crippen LogP contribution in [0.4, 0.5) is 0 Å². The molecule has 0 N–H and O–H groups in total. The number of benzene rings is 2. The summed E-state index contributed by atoms with van der Waals surface area (Å²) >= 11 is 0. The molecule has 23 heavy (non-hydrogen) atoms. The smallest absolute Gasteiger partial charge is 0.0655 e. The number of rotatable bonds is 4. The molecule has 0 aromatic heterocycles. The Balaban J connectivity index is 1.97. The highest BCUT2D eigenvalue weighted by atomic mass is 14.3. The molecule has 0 radical (unpaired) electrons. The lowest BCUT2D eigenvalue weighted by Crippen LogP contribution is -2.13.